The fourth-order valence-electron chi connectivity index (χ4n) is 1.28. The molecule has 5 nitrogen and oxygen atoms in total. The van der Waals surface area contributed by atoms with Crippen molar-refractivity contribution >= 4 is 27.6 Å². The standard InChI is InChI=1S/C8H4BrNO4/c9-6-2-5-4(3-14-8(5)11)1-7(6)10(12)13/h1-2H,3H2. The van der Waals surface area contributed by atoms with Gasteiger partial charge in [-0.2, -0.15) is 0 Å². The van der Waals surface area contributed by atoms with Gasteiger partial charge in [-0.1, -0.05) is 0 Å². The summed E-state index contributed by atoms with van der Waals surface area (Å²) in [7, 11) is 0. The molecule has 14 heavy (non-hydrogen) atoms. The highest BCUT2D eigenvalue weighted by Gasteiger charge is 2.26. The smallest absolute Gasteiger partial charge is 0.338 e. The summed E-state index contributed by atoms with van der Waals surface area (Å²) in [6.07, 6.45) is 0. The number of nitro groups is 1. The molecule has 1 aromatic rings. The van der Waals surface area contributed by atoms with Crippen molar-refractivity contribution in [1.82, 2.24) is 0 Å². The molecule has 0 aliphatic carbocycles. The molecule has 0 saturated carbocycles. The zero-order chi connectivity index (χ0) is 10.3. The van der Waals surface area contributed by atoms with Gasteiger partial charge in [-0.25, -0.2) is 4.79 Å². The lowest BCUT2D eigenvalue weighted by molar-refractivity contribution is -0.385. The van der Waals surface area contributed by atoms with Crippen LogP contribution in [0.15, 0.2) is 16.6 Å². The lowest BCUT2D eigenvalue weighted by atomic mass is 10.1. The van der Waals surface area contributed by atoms with Gasteiger partial charge in [0, 0.05) is 11.6 Å². The number of hydrogen-bond donors (Lipinski definition) is 0. The van der Waals surface area contributed by atoms with Crippen molar-refractivity contribution in [2.75, 3.05) is 0 Å². The van der Waals surface area contributed by atoms with Gasteiger partial charge in [0.25, 0.3) is 5.69 Å². The molecular weight excluding hydrogens is 254 g/mol. The van der Waals surface area contributed by atoms with E-state index in [1.165, 1.54) is 12.1 Å². The minimum atomic E-state index is -0.507. The maximum absolute atomic E-state index is 11.1. The first-order valence-corrected chi connectivity index (χ1v) is 4.53. The number of ether oxygens (including phenoxy) is 1. The van der Waals surface area contributed by atoms with Gasteiger partial charge >= 0.3 is 5.97 Å². The van der Waals surface area contributed by atoms with Gasteiger partial charge < -0.3 is 4.74 Å². The van der Waals surface area contributed by atoms with E-state index in [9.17, 15) is 14.9 Å². The lowest BCUT2D eigenvalue weighted by Crippen LogP contribution is -1.96. The summed E-state index contributed by atoms with van der Waals surface area (Å²) in [5.74, 6) is -0.435. The molecule has 0 N–H and O–H groups in total. The molecule has 0 spiro atoms. The normalized spacial score (nSPS) is 13.6. The largest absolute Gasteiger partial charge is 0.457 e. The van der Waals surface area contributed by atoms with Gasteiger partial charge in [0.05, 0.1) is 15.0 Å². The van der Waals surface area contributed by atoms with Crippen LogP contribution in [-0.4, -0.2) is 10.9 Å². The van der Waals surface area contributed by atoms with E-state index in [0.717, 1.165) is 0 Å². The van der Waals surface area contributed by atoms with Crippen molar-refractivity contribution in [1.29, 1.82) is 0 Å². The van der Waals surface area contributed by atoms with E-state index < -0.39 is 10.9 Å². The van der Waals surface area contributed by atoms with Crippen LogP contribution in [0.2, 0.25) is 0 Å². The van der Waals surface area contributed by atoms with E-state index in [1.807, 2.05) is 0 Å². The van der Waals surface area contributed by atoms with Crippen molar-refractivity contribution in [2.45, 2.75) is 6.61 Å². The Morgan fingerprint density at radius 3 is 2.86 bits per heavy atom. The molecule has 0 unspecified atom stereocenters. The number of hydrogen-bond acceptors (Lipinski definition) is 4. The van der Waals surface area contributed by atoms with Crippen LogP contribution in [0.1, 0.15) is 15.9 Å². The van der Waals surface area contributed by atoms with Crippen molar-refractivity contribution in [3.05, 3.63) is 37.8 Å². The summed E-state index contributed by atoms with van der Waals surface area (Å²) in [4.78, 5) is 21.1. The summed E-state index contributed by atoms with van der Waals surface area (Å²) >= 11 is 3.03. The molecule has 1 heterocycles. The second-order valence-corrected chi connectivity index (χ2v) is 3.65. The number of esters is 1. The maximum Gasteiger partial charge on any atom is 0.338 e. The fraction of sp³-hybridized carbons (Fsp3) is 0.125. The average Bonchev–Trinajstić information content (AvgIpc) is 2.46. The minimum Gasteiger partial charge on any atom is -0.457 e. The second kappa shape index (κ2) is 3.06. The minimum absolute atomic E-state index is 0.0537. The number of nitrogens with zero attached hydrogens (tertiary/aromatic N) is 1. The summed E-state index contributed by atoms with van der Waals surface area (Å²) in [5, 5.41) is 10.6. The second-order valence-electron chi connectivity index (χ2n) is 2.79. The Morgan fingerprint density at radius 1 is 1.50 bits per heavy atom. The summed E-state index contributed by atoms with van der Waals surface area (Å²) in [6.45, 7) is 0.113. The Kier molecular flexibility index (Phi) is 1.99. The number of rotatable bonds is 1. The maximum atomic E-state index is 11.1. The predicted molar refractivity (Wildman–Crippen MR) is 49.9 cm³/mol. The summed E-state index contributed by atoms with van der Waals surface area (Å²) < 4.78 is 5.02. The van der Waals surface area contributed by atoms with Crippen LogP contribution in [0.5, 0.6) is 0 Å². The van der Waals surface area contributed by atoms with Crippen LogP contribution in [0.25, 0.3) is 0 Å². The topological polar surface area (TPSA) is 69.4 Å². The molecule has 1 aliphatic heterocycles. The molecule has 0 saturated heterocycles. The van der Waals surface area contributed by atoms with Crippen LogP contribution < -0.4 is 0 Å². The van der Waals surface area contributed by atoms with Crippen LogP contribution in [0.4, 0.5) is 5.69 Å². The number of carbonyl (C=O) groups excluding carboxylic acids is 1. The number of benzene rings is 1. The molecule has 0 atom stereocenters. The van der Waals surface area contributed by atoms with Gasteiger partial charge in [0.15, 0.2) is 0 Å². The Balaban J connectivity index is 2.61. The van der Waals surface area contributed by atoms with Crippen LogP contribution in [0, 0.1) is 10.1 Å². The third-order valence-electron chi connectivity index (χ3n) is 1.95. The molecule has 0 amide bonds. The number of cyclic esters (lactones) is 1. The quantitative estimate of drug-likeness (QED) is 0.439. The highest BCUT2D eigenvalue weighted by molar-refractivity contribution is 9.10. The SMILES string of the molecule is O=C1OCc2cc([N+](=O)[O-])c(Br)cc21. The van der Waals surface area contributed by atoms with E-state index in [0.29, 0.717) is 15.6 Å². The highest BCUT2D eigenvalue weighted by Crippen LogP contribution is 2.31. The van der Waals surface area contributed by atoms with E-state index in [1.54, 1.807) is 0 Å². The molecule has 1 aromatic carbocycles. The number of fused-ring (bicyclic) bond motifs is 1. The molecular formula is C8H4BrNO4. The molecule has 0 radical (unpaired) electrons. The van der Waals surface area contributed by atoms with E-state index in [2.05, 4.69) is 15.9 Å². The van der Waals surface area contributed by atoms with Crippen LogP contribution in [0.3, 0.4) is 0 Å². The van der Waals surface area contributed by atoms with Gasteiger partial charge in [0.2, 0.25) is 0 Å². The Hall–Kier alpha value is -1.43. The number of halogens is 1. The van der Waals surface area contributed by atoms with E-state index in [-0.39, 0.29) is 12.3 Å². The first-order valence-electron chi connectivity index (χ1n) is 3.73. The average molecular weight is 258 g/mol. The van der Waals surface area contributed by atoms with Crippen molar-refractivity contribution < 1.29 is 14.5 Å². The molecule has 0 fully saturated rings. The lowest BCUT2D eigenvalue weighted by Gasteiger charge is -1.97. The van der Waals surface area contributed by atoms with E-state index >= 15 is 0 Å². The van der Waals surface area contributed by atoms with Crippen LogP contribution >= 0.6 is 15.9 Å². The summed E-state index contributed by atoms with van der Waals surface area (Å²) in [5.41, 5.74) is 0.898. The molecule has 0 aromatic heterocycles. The Labute approximate surface area is 87.0 Å². The fourth-order valence-corrected chi connectivity index (χ4v) is 1.76. The third kappa shape index (κ3) is 1.27. The van der Waals surface area contributed by atoms with Gasteiger partial charge in [0.1, 0.15) is 6.61 Å². The first kappa shape index (κ1) is 9.14. The van der Waals surface area contributed by atoms with Gasteiger partial charge in [-0.3, -0.25) is 10.1 Å². The van der Waals surface area contributed by atoms with Crippen molar-refractivity contribution in [2.24, 2.45) is 0 Å². The van der Waals surface area contributed by atoms with Gasteiger partial charge in [-0.05, 0) is 22.0 Å². The summed E-state index contributed by atoms with van der Waals surface area (Å²) in [6, 6.07) is 2.77. The molecule has 6 heteroatoms. The highest BCUT2D eigenvalue weighted by atomic mass is 79.9. The first-order chi connectivity index (χ1) is 6.59. The van der Waals surface area contributed by atoms with Crippen molar-refractivity contribution in [3.8, 4) is 0 Å². The number of nitro benzene ring substituents is 1. The van der Waals surface area contributed by atoms with Crippen molar-refractivity contribution in [3.63, 3.8) is 0 Å². The Morgan fingerprint density at radius 2 is 2.21 bits per heavy atom. The molecule has 2 rings (SSSR count). The number of carbonyl (C=O) groups is 1. The zero-order valence-electron chi connectivity index (χ0n) is 6.82. The Bertz CT molecular complexity index is 443. The zero-order valence-corrected chi connectivity index (χ0v) is 8.41. The third-order valence-corrected chi connectivity index (χ3v) is 2.58. The predicted octanol–water partition coefficient (Wildman–Crippen LogP) is 2.03. The van der Waals surface area contributed by atoms with Gasteiger partial charge in [-0.15, -0.1) is 0 Å². The van der Waals surface area contributed by atoms with E-state index in [4.69, 9.17) is 4.74 Å². The monoisotopic (exact) mass is 257 g/mol. The molecule has 1 aliphatic rings. The van der Waals surface area contributed by atoms with Crippen LogP contribution in [-0.2, 0) is 11.3 Å². The molecule has 72 valence electrons. The molecule has 0 bridgehead atoms.